The molecule has 0 aromatic carbocycles. The van der Waals surface area contributed by atoms with E-state index in [0.717, 1.165) is 51.4 Å². The van der Waals surface area contributed by atoms with Crippen LogP contribution in [-0.2, 0) is 9.53 Å². The maximum Gasteiger partial charge on any atom is 0.220 e. The number of nitrogens with two attached hydrogens (primary N) is 1. The van der Waals surface area contributed by atoms with E-state index in [0.29, 0.717) is 6.42 Å². The fraction of sp³-hybridized carbons (Fsp3) is 0.917. The predicted molar refractivity (Wildman–Crippen MR) is 64.1 cm³/mol. The van der Waals surface area contributed by atoms with E-state index in [1.165, 1.54) is 0 Å². The third-order valence-electron chi connectivity index (χ3n) is 3.04. The first-order valence-electron chi connectivity index (χ1n) is 6.28. The van der Waals surface area contributed by atoms with Gasteiger partial charge in [-0.15, -0.1) is 0 Å². The Morgan fingerprint density at radius 3 is 2.81 bits per heavy atom. The van der Waals surface area contributed by atoms with Crippen molar-refractivity contribution < 1.29 is 9.53 Å². The van der Waals surface area contributed by atoms with E-state index in [2.05, 4.69) is 5.32 Å². The van der Waals surface area contributed by atoms with Crippen LogP contribution < -0.4 is 11.1 Å². The van der Waals surface area contributed by atoms with Gasteiger partial charge in [0.15, 0.2) is 0 Å². The second-order valence-corrected chi connectivity index (χ2v) is 4.71. The summed E-state index contributed by atoms with van der Waals surface area (Å²) in [5.41, 5.74) is 5.59. The van der Waals surface area contributed by atoms with Crippen LogP contribution in [0.25, 0.3) is 0 Å². The van der Waals surface area contributed by atoms with Crippen LogP contribution in [0, 0.1) is 5.92 Å². The zero-order chi connectivity index (χ0) is 11.8. The van der Waals surface area contributed by atoms with Crippen molar-refractivity contribution in [2.75, 3.05) is 19.8 Å². The molecular formula is C12H24N2O2. The van der Waals surface area contributed by atoms with Gasteiger partial charge in [0.2, 0.25) is 5.91 Å². The topological polar surface area (TPSA) is 64.4 Å². The minimum Gasteiger partial charge on any atom is -0.381 e. The summed E-state index contributed by atoms with van der Waals surface area (Å²) in [6, 6.07) is 0.112. The quantitative estimate of drug-likeness (QED) is 0.714. The van der Waals surface area contributed by atoms with Crippen LogP contribution in [0.5, 0.6) is 0 Å². The van der Waals surface area contributed by atoms with Gasteiger partial charge in [-0.05, 0) is 38.5 Å². The van der Waals surface area contributed by atoms with Crippen molar-refractivity contribution in [2.45, 2.75) is 45.1 Å². The zero-order valence-corrected chi connectivity index (χ0v) is 10.2. The Hall–Kier alpha value is -0.610. The third kappa shape index (κ3) is 6.08. The lowest BCUT2D eigenvalue weighted by Crippen LogP contribution is -2.28. The summed E-state index contributed by atoms with van der Waals surface area (Å²) in [6.07, 6.45) is 4.66. The fourth-order valence-electron chi connectivity index (χ4n) is 1.90. The van der Waals surface area contributed by atoms with Crippen LogP contribution in [0.2, 0.25) is 0 Å². The fourth-order valence-corrected chi connectivity index (χ4v) is 1.90. The molecule has 1 rings (SSSR count). The molecule has 0 aromatic rings. The highest BCUT2D eigenvalue weighted by Crippen LogP contribution is 2.17. The van der Waals surface area contributed by atoms with Crippen molar-refractivity contribution in [1.82, 2.24) is 5.32 Å². The molecule has 0 aromatic heterocycles. The molecule has 94 valence electrons. The van der Waals surface area contributed by atoms with Crippen LogP contribution in [0.4, 0.5) is 0 Å². The van der Waals surface area contributed by atoms with E-state index in [1.54, 1.807) is 0 Å². The van der Waals surface area contributed by atoms with Crippen molar-refractivity contribution in [2.24, 2.45) is 11.7 Å². The second kappa shape index (κ2) is 7.63. The normalized spacial score (nSPS) is 19.4. The van der Waals surface area contributed by atoms with E-state index in [1.807, 2.05) is 6.92 Å². The Balaban J connectivity index is 1.99. The molecule has 0 spiro atoms. The van der Waals surface area contributed by atoms with Gasteiger partial charge < -0.3 is 15.8 Å². The van der Waals surface area contributed by atoms with Crippen LogP contribution in [0.3, 0.4) is 0 Å². The van der Waals surface area contributed by atoms with Crippen molar-refractivity contribution >= 4 is 5.91 Å². The van der Waals surface area contributed by atoms with E-state index in [9.17, 15) is 4.79 Å². The molecule has 4 heteroatoms. The van der Waals surface area contributed by atoms with Gasteiger partial charge in [-0.2, -0.15) is 0 Å². The molecule has 0 aliphatic carbocycles. The first kappa shape index (κ1) is 13.5. The molecule has 1 aliphatic heterocycles. The SMILES string of the molecule is CC(N)CCC(=O)NCCC1CCOCC1. The number of carbonyl (C=O) groups is 1. The van der Waals surface area contributed by atoms with E-state index in [-0.39, 0.29) is 11.9 Å². The van der Waals surface area contributed by atoms with Gasteiger partial charge in [-0.1, -0.05) is 0 Å². The average Bonchev–Trinajstić information content (AvgIpc) is 2.28. The zero-order valence-electron chi connectivity index (χ0n) is 10.2. The lowest BCUT2D eigenvalue weighted by atomic mass is 9.97. The molecule has 1 atom stereocenters. The third-order valence-corrected chi connectivity index (χ3v) is 3.04. The van der Waals surface area contributed by atoms with E-state index < -0.39 is 0 Å². The summed E-state index contributed by atoms with van der Waals surface area (Å²) in [6.45, 7) is 4.48. The van der Waals surface area contributed by atoms with Crippen molar-refractivity contribution in [3.8, 4) is 0 Å². The van der Waals surface area contributed by atoms with Crippen LogP contribution in [-0.4, -0.2) is 31.7 Å². The first-order valence-corrected chi connectivity index (χ1v) is 6.28. The molecule has 1 unspecified atom stereocenters. The number of amides is 1. The molecule has 1 heterocycles. The summed E-state index contributed by atoms with van der Waals surface area (Å²) in [7, 11) is 0. The highest BCUT2D eigenvalue weighted by molar-refractivity contribution is 5.75. The Morgan fingerprint density at radius 2 is 2.19 bits per heavy atom. The van der Waals surface area contributed by atoms with Gasteiger partial charge in [0.1, 0.15) is 0 Å². The van der Waals surface area contributed by atoms with Gasteiger partial charge in [-0.25, -0.2) is 0 Å². The Labute approximate surface area is 97.9 Å². The first-order chi connectivity index (χ1) is 7.68. The number of hydrogen-bond acceptors (Lipinski definition) is 3. The van der Waals surface area contributed by atoms with Crippen molar-refractivity contribution in [3.05, 3.63) is 0 Å². The van der Waals surface area contributed by atoms with Gasteiger partial charge >= 0.3 is 0 Å². The maximum absolute atomic E-state index is 11.4. The lowest BCUT2D eigenvalue weighted by Gasteiger charge is -2.21. The van der Waals surface area contributed by atoms with Crippen LogP contribution >= 0.6 is 0 Å². The monoisotopic (exact) mass is 228 g/mol. The second-order valence-electron chi connectivity index (χ2n) is 4.71. The Bertz CT molecular complexity index is 201. The van der Waals surface area contributed by atoms with Gasteiger partial charge in [-0.3, -0.25) is 4.79 Å². The average molecular weight is 228 g/mol. The highest BCUT2D eigenvalue weighted by atomic mass is 16.5. The van der Waals surface area contributed by atoms with Gasteiger partial charge in [0.25, 0.3) is 0 Å². The molecule has 0 saturated carbocycles. The van der Waals surface area contributed by atoms with Gasteiger partial charge in [0, 0.05) is 32.2 Å². The molecular weight excluding hydrogens is 204 g/mol. The Morgan fingerprint density at radius 1 is 1.50 bits per heavy atom. The molecule has 4 nitrogen and oxygen atoms in total. The standard InChI is InChI=1S/C12H24N2O2/c1-10(13)2-3-12(15)14-7-4-11-5-8-16-9-6-11/h10-11H,2-9,13H2,1H3,(H,14,15). The van der Waals surface area contributed by atoms with Crippen molar-refractivity contribution in [3.63, 3.8) is 0 Å². The molecule has 1 saturated heterocycles. The number of carbonyl (C=O) groups excluding carboxylic acids is 1. The molecule has 1 fully saturated rings. The molecule has 0 radical (unpaired) electrons. The number of ether oxygens (including phenoxy) is 1. The molecule has 1 aliphatic rings. The van der Waals surface area contributed by atoms with Crippen molar-refractivity contribution in [1.29, 1.82) is 0 Å². The maximum atomic E-state index is 11.4. The largest absolute Gasteiger partial charge is 0.381 e. The van der Waals surface area contributed by atoms with Crippen LogP contribution in [0.1, 0.15) is 39.0 Å². The smallest absolute Gasteiger partial charge is 0.220 e. The molecule has 1 amide bonds. The highest BCUT2D eigenvalue weighted by Gasteiger charge is 2.13. The number of nitrogens with one attached hydrogen (secondary N) is 1. The molecule has 16 heavy (non-hydrogen) atoms. The van der Waals surface area contributed by atoms with E-state index >= 15 is 0 Å². The summed E-state index contributed by atoms with van der Waals surface area (Å²) in [5, 5.41) is 2.95. The van der Waals surface area contributed by atoms with Gasteiger partial charge in [0.05, 0.1) is 0 Å². The lowest BCUT2D eigenvalue weighted by molar-refractivity contribution is -0.121. The Kier molecular flexibility index (Phi) is 6.42. The minimum atomic E-state index is 0.112. The summed E-state index contributed by atoms with van der Waals surface area (Å²) in [4.78, 5) is 11.4. The van der Waals surface area contributed by atoms with E-state index in [4.69, 9.17) is 10.5 Å². The summed E-state index contributed by atoms with van der Waals surface area (Å²) >= 11 is 0. The number of rotatable bonds is 6. The summed E-state index contributed by atoms with van der Waals surface area (Å²) < 4.78 is 5.29. The number of hydrogen-bond donors (Lipinski definition) is 2. The summed E-state index contributed by atoms with van der Waals surface area (Å²) in [5.74, 6) is 0.854. The predicted octanol–water partition coefficient (Wildman–Crippen LogP) is 1.05. The molecule has 0 bridgehead atoms. The molecule has 3 N–H and O–H groups in total. The van der Waals surface area contributed by atoms with Crippen LogP contribution in [0.15, 0.2) is 0 Å². The minimum absolute atomic E-state index is 0.112.